The van der Waals surface area contributed by atoms with Gasteiger partial charge in [-0.1, -0.05) is 29.8 Å². The van der Waals surface area contributed by atoms with Crippen LogP contribution in [0.15, 0.2) is 42.7 Å². The van der Waals surface area contributed by atoms with Gasteiger partial charge in [0.05, 0.1) is 17.9 Å². The van der Waals surface area contributed by atoms with Gasteiger partial charge in [-0.3, -0.25) is 9.48 Å². The summed E-state index contributed by atoms with van der Waals surface area (Å²) in [6, 6.07) is 11.7. The van der Waals surface area contributed by atoms with Gasteiger partial charge < -0.3 is 5.32 Å². The normalized spacial score (nSPS) is 10.6. The number of amides is 1. The highest BCUT2D eigenvalue weighted by Gasteiger charge is 2.14. The van der Waals surface area contributed by atoms with E-state index in [2.05, 4.69) is 20.4 Å². The van der Waals surface area contributed by atoms with Crippen LogP contribution in [0.2, 0.25) is 0 Å². The quantitative estimate of drug-likeness (QED) is 0.801. The maximum absolute atomic E-state index is 12.4. The van der Waals surface area contributed by atoms with Crippen LogP contribution >= 0.6 is 0 Å². The third kappa shape index (κ3) is 3.48. The highest BCUT2D eigenvalue weighted by atomic mass is 16.2. The SMILES string of the molecule is Cc1ccc(-c2cc(C(=O)NCc3cc(C)ncn3)n(C)n2)cc1. The highest BCUT2D eigenvalue weighted by Crippen LogP contribution is 2.19. The van der Waals surface area contributed by atoms with Gasteiger partial charge in [-0.15, -0.1) is 0 Å². The number of rotatable bonds is 4. The zero-order valence-corrected chi connectivity index (χ0v) is 13.9. The van der Waals surface area contributed by atoms with Crippen molar-refractivity contribution in [1.29, 1.82) is 0 Å². The van der Waals surface area contributed by atoms with Gasteiger partial charge in [0.1, 0.15) is 12.0 Å². The molecule has 0 atom stereocenters. The summed E-state index contributed by atoms with van der Waals surface area (Å²) in [7, 11) is 1.77. The summed E-state index contributed by atoms with van der Waals surface area (Å²) in [4.78, 5) is 20.6. The van der Waals surface area contributed by atoms with Crippen molar-refractivity contribution in [2.75, 3.05) is 0 Å². The van der Waals surface area contributed by atoms with E-state index >= 15 is 0 Å². The Balaban J connectivity index is 1.74. The molecule has 0 radical (unpaired) electrons. The number of carbonyl (C=O) groups excluding carboxylic acids is 1. The van der Waals surface area contributed by atoms with Gasteiger partial charge >= 0.3 is 0 Å². The van der Waals surface area contributed by atoms with E-state index in [-0.39, 0.29) is 5.91 Å². The Morgan fingerprint density at radius 2 is 1.88 bits per heavy atom. The number of nitrogens with one attached hydrogen (secondary N) is 1. The molecule has 0 aliphatic heterocycles. The minimum atomic E-state index is -0.181. The van der Waals surface area contributed by atoms with Crippen molar-refractivity contribution >= 4 is 5.91 Å². The van der Waals surface area contributed by atoms with E-state index < -0.39 is 0 Å². The molecule has 0 saturated heterocycles. The zero-order valence-electron chi connectivity index (χ0n) is 13.9. The van der Waals surface area contributed by atoms with Gasteiger partial charge in [0, 0.05) is 18.3 Å². The molecule has 2 heterocycles. The minimum Gasteiger partial charge on any atom is -0.345 e. The number of nitrogens with zero attached hydrogens (tertiary/aromatic N) is 4. The summed E-state index contributed by atoms with van der Waals surface area (Å²) in [6.07, 6.45) is 1.50. The van der Waals surface area contributed by atoms with Gasteiger partial charge in [-0.05, 0) is 26.0 Å². The van der Waals surface area contributed by atoms with E-state index in [9.17, 15) is 4.79 Å². The van der Waals surface area contributed by atoms with Crippen molar-refractivity contribution < 1.29 is 4.79 Å². The van der Waals surface area contributed by atoms with Gasteiger partial charge in [-0.2, -0.15) is 5.10 Å². The minimum absolute atomic E-state index is 0.181. The maximum Gasteiger partial charge on any atom is 0.269 e. The summed E-state index contributed by atoms with van der Waals surface area (Å²) in [5, 5.41) is 7.30. The molecule has 0 unspecified atom stereocenters. The van der Waals surface area contributed by atoms with E-state index in [4.69, 9.17) is 0 Å². The fourth-order valence-electron chi connectivity index (χ4n) is 2.41. The number of hydrogen-bond acceptors (Lipinski definition) is 4. The first-order chi connectivity index (χ1) is 11.5. The van der Waals surface area contributed by atoms with Gasteiger partial charge in [0.2, 0.25) is 0 Å². The topological polar surface area (TPSA) is 72.7 Å². The molecule has 1 N–H and O–H groups in total. The van der Waals surface area contributed by atoms with Crippen LogP contribution in [0.1, 0.15) is 27.4 Å². The van der Waals surface area contributed by atoms with Crippen molar-refractivity contribution in [2.24, 2.45) is 7.05 Å². The van der Waals surface area contributed by atoms with Crippen LogP contribution in [0.4, 0.5) is 0 Å². The van der Waals surface area contributed by atoms with Gasteiger partial charge in [0.25, 0.3) is 5.91 Å². The second-order valence-corrected chi connectivity index (χ2v) is 5.74. The van der Waals surface area contributed by atoms with Crippen molar-refractivity contribution in [3.8, 4) is 11.3 Å². The van der Waals surface area contributed by atoms with E-state index in [0.717, 1.165) is 22.6 Å². The molecule has 6 heteroatoms. The molecule has 0 fully saturated rings. The number of carbonyl (C=O) groups is 1. The van der Waals surface area contributed by atoms with Crippen LogP contribution in [-0.4, -0.2) is 25.7 Å². The molecule has 122 valence electrons. The van der Waals surface area contributed by atoms with Crippen molar-refractivity contribution in [3.63, 3.8) is 0 Å². The number of hydrogen-bond donors (Lipinski definition) is 1. The molecule has 2 aromatic heterocycles. The average molecular weight is 321 g/mol. The molecule has 3 aromatic rings. The van der Waals surface area contributed by atoms with Crippen LogP contribution in [0.25, 0.3) is 11.3 Å². The predicted molar refractivity (Wildman–Crippen MR) is 91.3 cm³/mol. The Kier molecular flexibility index (Phi) is 4.37. The van der Waals surface area contributed by atoms with Crippen molar-refractivity contribution in [2.45, 2.75) is 20.4 Å². The summed E-state index contributed by atoms with van der Waals surface area (Å²) < 4.78 is 1.59. The second-order valence-electron chi connectivity index (χ2n) is 5.74. The van der Waals surface area contributed by atoms with Crippen LogP contribution in [0.5, 0.6) is 0 Å². The summed E-state index contributed by atoms with van der Waals surface area (Å²) in [5.41, 5.74) is 5.11. The molecule has 0 aliphatic carbocycles. The molecule has 3 rings (SSSR count). The second kappa shape index (κ2) is 6.62. The van der Waals surface area contributed by atoms with Crippen LogP contribution < -0.4 is 5.32 Å². The predicted octanol–water partition coefficient (Wildman–Crippen LogP) is 2.42. The molecule has 6 nitrogen and oxygen atoms in total. The van der Waals surface area contributed by atoms with E-state index in [1.54, 1.807) is 17.8 Å². The van der Waals surface area contributed by atoms with Crippen molar-refractivity contribution in [3.05, 3.63) is 65.4 Å². The molecule has 0 bridgehead atoms. The first-order valence-electron chi connectivity index (χ1n) is 7.70. The van der Waals surface area contributed by atoms with Crippen molar-refractivity contribution in [1.82, 2.24) is 25.1 Å². The Morgan fingerprint density at radius 3 is 2.58 bits per heavy atom. The lowest BCUT2D eigenvalue weighted by atomic mass is 10.1. The first kappa shape index (κ1) is 15.9. The largest absolute Gasteiger partial charge is 0.345 e. The third-order valence-electron chi connectivity index (χ3n) is 3.75. The van der Waals surface area contributed by atoms with Crippen LogP contribution in [-0.2, 0) is 13.6 Å². The van der Waals surface area contributed by atoms with Gasteiger partial charge in [-0.25, -0.2) is 9.97 Å². The molecule has 0 saturated carbocycles. The smallest absolute Gasteiger partial charge is 0.269 e. The first-order valence-corrected chi connectivity index (χ1v) is 7.70. The summed E-state index contributed by atoms with van der Waals surface area (Å²) >= 11 is 0. The lowest BCUT2D eigenvalue weighted by Crippen LogP contribution is -2.25. The van der Waals surface area contributed by atoms with E-state index in [1.165, 1.54) is 11.9 Å². The van der Waals surface area contributed by atoms with Crippen LogP contribution in [0, 0.1) is 13.8 Å². The Labute approximate surface area is 140 Å². The Morgan fingerprint density at radius 1 is 1.12 bits per heavy atom. The zero-order chi connectivity index (χ0) is 17.1. The van der Waals surface area contributed by atoms with E-state index in [1.807, 2.05) is 44.2 Å². The number of aromatic nitrogens is 4. The van der Waals surface area contributed by atoms with E-state index in [0.29, 0.717) is 12.2 Å². The number of aryl methyl sites for hydroxylation is 3. The molecule has 0 aliphatic rings. The Hall–Kier alpha value is -3.02. The molecule has 1 amide bonds. The monoisotopic (exact) mass is 321 g/mol. The molecular formula is C18H19N5O. The van der Waals surface area contributed by atoms with Gasteiger partial charge in [0.15, 0.2) is 0 Å². The molecular weight excluding hydrogens is 302 g/mol. The molecule has 0 spiro atoms. The average Bonchev–Trinajstić information content (AvgIpc) is 2.95. The lowest BCUT2D eigenvalue weighted by Gasteiger charge is -2.05. The third-order valence-corrected chi connectivity index (χ3v) is 3.75. The maximum atomic E-state index is 12.4. The summed E-state index contributed by atoms with van der Waals surface area (Å²) in [6.45, 7) is 4.28. The fraction of sp³-hybridized carbons (Fsp3) is 0.222. The highest BCUT2D eigenvalue weighted by molar-refractivity contribution is 5.93. The fourth-order valence-corrected chi connectivity index (χ4v) is 2.41. The van der Waals surface area contributed by atoms with Crippen LogP contribution in [0.3, 0.4) is 0 Å². The lowest BCUT2D eigenvalue weighted by molar-refractivity contribution is 0.0941. The Bertz CT molecular complexity index is 867. The molecule has 24 heavy (non-hydrogen) atoms. The molecule has 1 aromatic carbocycles. The number of benzene rings is 1. The summed E-state index contributed by atoms with van der Waals surface area (Å²) in [5.74, 6) is -0.181. The standard InChI is InChI=1S/C18H19N5O/c1-12-4-6-14(7-5-12)16-9-17(23(3)22-16)18(24)19-10-15-8-13(2)20-11-21-15/h4-9,11H,10H2,1-3H3,(H,19,24).